The molecule has 0 aliphatic heterocycles. The Morgan fingerprint density at radius 2 is 1.80 bits per heavy atom. The van der Waals surface area contributed by atoms with Gasteiger partial charge in [-0.1, -0.05) is 6.07 Å². The quantitative estimate of drug-likeness (QED) is 0.833. The summed E-state index contributed by atoms with van der Waals surface area (Å²) in [7, 11) is 1.75. The van der Waals surface area contributed by atoms with Gasteiger partial charge in [0.15, 0.2) is 11.5 Å². The first kappa shape index (κ1) is 15.1. The maximum absolute atomic E-state index is 6.41. The Hall–Kier alpha value is -1.26. The summed E-state index contributed by atoms with van der Waals surface area (Å²) in [5, 5.41) is 0. The predicted octanol–water partition coefficient (Wildman–Crippen LogP) is 3.05. The minimum absolute atomic E-state index is 0.129. The van der Waals surface area contributed by atoms with Crippen LogP contribution in [0, 0.1) is 0 Å². The van der Waals surface area contributed by atoms with Crippen LogP contribution in [-0.4, -0.2) is 25.9 Å². The molecule has 1 aromatic carbocycles. The molecule has 0 saturated heterocycles. The molecule has 1 fully saturated rings. The maximum atomic E-state index is 6.41. The monoisotopic (exact) mass is 279 g/mol. The summed E-state index contributed by atoms with van der Waals surface area (Å²) in [6.07, 6.45) is 3.21. The minimum Gasteiger partial charge on any atom is -0.490 e. The molecule has 112 valence electrons. The molecule has 1 aromatic rings. The Kier molecular flexibility index (Phi) is 4.89. The fraction of sp³-hybridized carbons (Fsp3) is 0.625. The van der Waals surface area contributed by atoms with Crippen LogP contribution in [0.1, 0.15) is 44.7 Å². The highest BCUT2D eigenvalue weighted by Crippen LogP contribution is 2.44. The van der Waals surface area contributed by atoms with Crippen LogP contribution in [0.4, 0.5) is 0 Å². The van der Waals surface area contributed by atoms with Gasteiger partial charge >= 0.3 is 0 Å². The Bertz CT molecular complexity index is 438. The van der Waals surface area contributed by atoms with Gasteiger partial charge in [-0.3, -0.25) is 0 Å². The van der Waals surface area contributed by atoms with Gasteiger partial charge in [-0.25, -0.2) is 0 Å². The van der Waals surface area contributed by atoms with Gasteiger partial charge in [0, 0.05) is 7.11 Å². The molecule has 1 atom stereocenters. The normalized spacial score (nSPS) is 18.2. The Labute approximate surface area is 121 Å². The van der Waals surface area contributed by atoms with Gasteiger partial charge in [0.05, 0.1) is 24.9 Å². The molecule has 2 N–H and O–H groups in total. The van der Waals surface area contributed by atoms with Crippen molar-refractivity contribution in [2.75, 3.05) is 20.3 Å². The highest BCUT2D eigenvalue weighted by atomic mass is 16.5. The van der Waals surface area contributed by atoms with E-state index in [2.05, 4.69) is 0 Å². The average molecular weight is 279 g/mol. The van der Waals surface area contributed by atoms with Crippen LogP contribution >= 0.6 is 0 Å². The zero-order chi connectivity index (χ0) is 14.6. The van der Waals surface area contributed by atoms with Crippen LogP contribution in [0.2, 0.25) is 0 Å². The van der Waals surface area contributed by atoms with E-state index in [1.54, 1.807) is 7.11 Å². The largest absolute Gasteiger partial charge is 0.490 e. The smallest absolute Gasteiger partial charge is 0.161 e. The lowest BCUT2D eigenvalue weighted by Crippen LogP contribution is -2.48. The van der Waals surface area contributed by atoms with Crippen molar-refractivity contribution >= 4 is 0 Å². The third kappa shape index (κ3) is 2.76. The van der Waals surface area contributed by atoms with Gasteiger partial charge in [-0.2, -0.15) is 0 Å². The molecule has 0 radical (unpaired) electrons. The van der Waals surface area contributed by atoms with Crippen LogP contribution in [0.25, 0.3) is 0 Å². The molecule has 0 heterocycles. The number of methoxy groups -OCH3 is 1. The molecule has 0 spiro atoms. The molecule has 1 aliphatic carbocycles. The van der Waals surface area contributed by atoms with Gasteiger partial charge in [0.25, 0.3) is 0 Å². The molecule has 0 bridgehead atoms. The summed E-state index contributed by atoms with van der Waals surface area (Å²) >= 11 is 0. The number of nitrogens with two attached hydrogens (primary N) is 1. The van der Waals surface area contributed by atoms with E-state index in [-0.39, 0.29) is 11.6 Å². The van der Waals surface area contributed by atoms with E-state index in [1.807, 2.05) is 32.0 Å². The van der Waals surface area contributed by atoms with E-state index < -0.39 is 0 Å². The standard InChI is InChI=1S/C16H25NO3/c1-4-19-13-8-7-12(11-14(13)20-5-2)15(17)16(18-3)9-6-10-16/h7-8,11,15H,4-6,9-10,17H2,1-3H3. The van der Waals surface area contributed by atoms with Crippen molar-refractivity contribution in [1.29, 1.82) is 0 Å². The van der Waals surface area contributed by atoms with Crippen LogP contribution in [0.15, 0.2) is 18.2 Å². The molecular weight excluding hydrogens is 254 g/mol. The second-order valence-electron chi connectivity index (χ2n) is 5.17. The van der Waals surface area contributed by atoms with Gasteiger partial charge in [-0.15, -0.1) is 0 Å². The lowest BCUT2D eigenvalue weighted by Gasteiger charge is -2.45. The second kappa shape index (κ2) is 6.46. The fourth-order valence-corrected chi connectivity index (χ4v) is 2.73. The van der Waals surface area contributed by atoms with Crippen molar-refractivity contribution in [2.45, 2.75) is 44.8 Å². The molecule has 20 heavy (non-hydrogen) atoms. The van der Waals surface area contributed by atoms with E-state index >= 15 is 0 Å². The van der Waals surface area contributed by atoms with Crippen molar-refractivity contribution in [3.05, 3.63) is 23.8 Å². The number of rotatable bonds is 7. The first-order valence-corrected chi connectivity index (χ1v) is 7.37. The highest BCUT2D eigenvalue weighted by Gasteiger charge is 2.43. The number of ether oxygens (including phenoxy) is 3. The van der Waals surface area contributed by atoms with Crippen molar-refractivity contribution in [3.63, 3.8) is 0 Å². The molecule has 1 saturated carbocycles. The first-order chi connectivity index (χ1) is 9.66. The van der Waals surface area contributed by atoms with Crippen LogP contribution in [0.3, 0.4) is 0 Å². The SMILES string of the molecule is CCOc1ccc(C(N)C2(OC)CCC2)cc1OCC. The summed E-state index contributed by atoms with van der Waals surface area (Å²) in [6.45, 7) is 5.15. The first-order valence-electron chi connectivity index (χ1n) is 7.37. The second-order valence-corrected chi connectivity index (χ2v) is 5.17. The lowest BCUT2D eigenvalue weighted by atomic mass is 9.72. The highest BCUT2D eigenvalue weighted by molar-refractivity contribution is 5.44. The van der Waals surface area contributed by atoms with Crippen molar-refractivity contribution in [3.8, 4) is 11.5 Å². The Balaban J connectivity index is 2.25. The average Bonchev–Trinajstić information content (AvgIpc) is 2.40. The zero-order valence-electron chi connectivity index (χ0n) is 12.6. The third-order valence-electron chi connectivity index (χ3n) is 4.10. The summed E-state index contributed by atoms with van der Waals surface area (Å²) < 4.78 is 16.9. The lowest BCUT2D eigenvalue weighted by molar-refractivity contribution is -0.0912. The van der Waals surface area contributed by atoms with Gasteiger partial charge in [0.1, 0.15) is 0 Å². The van der Waals surface area contributed by atoms with E-state index in [0.29, 0.717) is 13.2 Å². The molecule has 1 aliphatic rings. The van der Waals surface area contributed by atoms with E-state index in [1.165, 1.54) is 6.42 Å². The summed E-state index contributed by atoms with van der Waals surface area (Å²) in [5.74, 6) is 1.53. The van der Waals surface area contributed by atoms with Gasteiger partial charge in [-0.05, 0) is 50.8 Å². The van der Waals surface area contributed by atoms with Crippen molar-refractivity contribution in [2.24, 2.45) is 5.73 Å². The molecule has 0 amide bonds. The predicted molar refractivity (Wildman–Crippen MR) is 79.3 cm³/mol. The van der Waals surface area contributed by atoms with Gasteiger partial charge in [0.2, 0.25) is 0 Å². The molecule has 4 nitrogen and oxygen atoms in total. The summed E-state index contributed by atoms with van der Waals surface area (Å²) in [5.41, 5.74) is 7.24. The molecule has 0 aromatic heterocycles. The van der Waals surface area contributed by atoms with Crippen molar-refractivity contribution in [1.82, 2.24) is 0 Å². The van der Waals surface area contributed by atoms with E-state index in [0.717, 1.165) is 29.9 Å². The topological polar surface area (TPSA) is 53.7 Å². The summed E-state index contributed by atoms with van der Waals surface area (Å²) in [6, 6.07) is 5.80. The van der Waals surface area contributed by atoms with E-state index in [4.69, 9.17) is 19.9 Å². The molecule has 4 heteroatoms. The van der Waals surface area contributed by atoms with Crippen LogP contribution in [-0.2, 0) is 4.74 Å². The van der Waals surface area contributed by atoms with Crippen LogP contribution < -0.4 is 15.2 Å². The number of hydrogen-bond acceptors (Lipinski definition) is 4. The molecule has 2 rings (SSSR count). The van der Waals surface area contributed by atoms with Gasteiger partial charge < -0.3 is 19.9 Å². The maximum Gasteiger partial charge on any atom is 0.161 e. The fourth-order valence-electron chi connectivity index (χ4n) is 2.73. The Morgan fingerprint density at radius 1 is 1.15 bits per heavy atom. The third-order valence-corrected chi connectivity index (χ3v) is 4.10. The van der Waals surface area contributed by atoms with Crippen molar-refractivity contribution < 1.29 is 14.2 Å². The minimum atomic E-state index is -0.212. The Morgan fingerprint density at radius 3 is 2.30 bits per heavy atom. The molecular formula is C16H25NO3. The summed E-state index contributed by atoms with van der Waals surface area (Å²) in [4.78, 5) is 0. The van der Waals surface area contributed by atoms with E-state index in [9.17, 15) is 0 Å². The zero-order valence-corrected chi connectivity index (χ0v) is 12.6. The number of hydrogen-bond donors (Lipinski definition) is 1. The number of benzene rings is 1. The molecule has 1 unspecified atom stereocenters. The van der Waals surface area contributed by atoms with Crippen LogP contribution in [0.5, 0.6) is 11.5 Å².